The molecule has 50 heavy (non-hydrogen) atoms. The lowest BCUT2D eigenvalue weighted by Crippen LogP contribution is -1.84. The summed E-state index contributed by atoms with van der Waals surface area (Å²) < 4.78 is 2.55. The Kier molecular flexibility index (Phi) is 14.4. The molecule has 6 aromatic carbocycles. The van der Waals surface area contributed by atoms with E-state index in [1.165, 1.54) is 35.0 Å². The van der Waals surface area contributed by atoms with Crippen molar-refractivity contribution in [2.75, 3.05) is 0 Å². The fourth-order valence-corrected chi connectivity index (χ4v) is 5.56. The molecule has 0 nitrogen and oxygen atoms in total. The van der Waals surface area contributed by atoms with Crippen LogP contribution in [0.1, 0.15) is 35.1 Å². The third kappa shape index (κ3) is 12.1. The summed E-state index contributed by atoms with van der Waals surface area (Å²) in [5, 5.41) is 0. The minimum absolute atomic E-state index is 0.938. The van der Waals surface area contributed by atoms with Gasteiger partial charge in [0.2, 0.25) is 0 Å². The highest BCUT2D eigenvalue weighted by atomic mass is 127. The van der Waals surface area contributed by atoms with Crippen LogP contribution < -0.4 is 0 Å². The van der Waals surface area contributed by atoms with Crippen molar-refractivity contribution >= 4 is 45.2 Å². The van der Waals surface area contributed by atoms with Gasteiger partial charge in [0.15, 0.2) is 0 Å². The molecule has 0 amide bonds. The molecule has 6 aromatic rings. The molecule has 0 bridgehead atoms. The van der Waals surface area contributed by atoms with Crippen molar-refractivity contribution in [2.24, 2.45) is 0 Å². The van der Waals surface area contributed by atoms with Gasteiger partial charge in [0, 0.05) is 35.0 Å². The maximum atomic E-state index is 5.10. The summed E-state index contributed by atoms with van der Waals surface area (Å²) in [6.45, 7) is 0. The number of hydrogen-bond donors (Lipinski definition) is 0. The molecule has 0 saturated carbocycles. The fourth-order valence-electron chi connectivity index (χ4n) is 4.84. The maximum Gasteiger partial charge on any atom is 0.0249 e. The Hall–Kier alpha value is -5.06. The molecule has 2 heteroatoms. The molecule has 0 heterocycles. The van der Waals surface area contributed by atoms with Gasteiger partial charge >= 0.3 is 0 Å². The van der Waals surface area contributed by atoms with Crippen LogP contribution >= 0.6 is 45.2 Å². The average molecular weight is 865 g/mol. The Morgan fingerprint density at radius 2 is 0.800 bits per heavy atom. The van der Waals surface area contributed by atoms with Gasteiger partial charge in [-0.25, -0.2) is 0 Å². The number of terminal acetylenes is 1. The Morgan fingerprint density at radius 3 is 1.18 bits per heavy atom. The monoisotopic (exact) mass is 864 g/mol. The van der Waals surface area contributed by atoms with E-state index in [0.29, 0.717) is 0 Å². The van der Waals surface area contributed by atoms with Crippen LogP contribution in [0.5, 0.6) is 0 Å². The predicted molar refractivity (Wildman–Crippen MR) is 229 cm³/mol. The predicted octanol–water partition coefficient (Wildman–Crippen LogP) is 12.6. The highest BCUT2D eigenvalue weighted by Crippen LogP contribution is 2.22. The first-order valence-electron chi connectivity index (χ1n) is 16.2. The standard InChI is InChI=1S/C28H20.C12H8I2.C8H6/c1-3-7-23(8-4-1)11-13-25-15-19-27(20-16-25)28-21-17-26(18-22-28)14-12-24-9-5-2-6-10-24;13-11-5-1-9(2-6-11)10-3-7-12(14)8-4-10;1-2-8-6-4-3-5-7-8/h1-5,7-9,15-22H,6,10H2;1-8H;1,3-7H. The number of benzene rings is 6. The molecule has 0 aliphatic heterocycles. The van der Waals surface area contributed by atoms with Crippen molar-refractivity contribution in [3.8, 4) is 58.3 Å². The van der Waals surface area contributed by atoms with Crippen LogP contribution in [0.4, 0.5) is 0 Å². The van der Waals surface area contributed by atoms with Gasteiger partial charge in [0.25, 0.3) is 0 Å². The number of halogens is 2. The van der Waals surface area contributed by atoms with Gasteiger partial charge in [0.05, 0.1) is 0 Å². The van der Waals surface area contributed by atoms with Gasteiger partial charge < -0.3 is 0 Å². The summed E-state index contributed by atoms with van der Waals surface area (Å²) in [7, 11) is 0. The highest BCUT2D eigenvalue weighted by molar-refractivity contribution is 14.1. The fraction of sp³-hybridized carbons (Fsp3) is 0.0417. The van der Waals surface area contributed by atoms with Crippen LogP contribution in [0.15, 0.2) is 182 Å². The van der Waals surface area contributed by atoms with Crippen LogP contribution in [0.3, 0.4) is 0 Å². The van der Waals surface area contributed by atoms with Crippen LogP contribution in [-0.2, 0) is 0 Å². The van der Waals surface area contributed by atoms with Crippen LogP contribution in [0.2, 0.25) is 0 Å². The van der Waals surface area contributed by atoms with Gasteiger partial charge in [-0.3, -0.25) is 0 Å². The number of hydrogen-bond acceptors (Lipinski definition) is 0. The Bertz CT molecular complexity index is 2130. The topological polar surface area (TPSA) is 0 Å². The SMILES string of the molecule is C#Cc1ccccc1.C(#Cc1ccc(-c2ccc(C#Cc3ccccc3)cc2)cc1)C1=CC=CCC1.Ic1ccc(-c2ccc(I)cc2)cc1. The van der Waals surface area contributed by atoms with E-state index in [9.17, 15) is 0 Å². The Morgan fingerprint density at radius 1 is 0.420 bits per heavy atom. The first kappa shape index (κ1) is 36.2. The molecular weight excluding hydrogens is 830 g/mol. The normalized spacial score (nSPS) is 10.9. The summed E-state index contributed by atoms with van der Waals surface area (Å²) >= 11 is 4.64. The lowest BCUT2D eigenvalue weighted by Gasteiger charge is -2.02. The Balaban J connectivity index is 0.000000181. The molecule has 240 valence electrons. The van der Waals surface area contributed by atoms with Gasteiger partial charge in [-0.1, -0.05) is 133 Å². The van der Waals surface area contributed by atoms with E-state index in [2.05, 4.69) is 190 Å². The lowest BCUT2D eigenvalue weighted by molar-refractivity contribution is 1.000. The van der Waals surface area contributed by atoms with E-state index < -0.39 is 0 Å². The third-order valence-corrected chi connectivity index (χ3v) is 9.01. The molecule has 7 rings (SSSR count). The van der Waals surface area contributed by atoms with E-state index in [4.69, 9.17) is 6.42 Å². The van der Waals surface area contributed by atoms with Crippen molar-refractivity contribution in [1.29, 1.82) is 0 Å². The third-order valence-electron chi connectivity index (χ3n) is 7.57. The number of allylic oxidation sites excluding steroid dienone is 4. The smallest absolute Gasteiger partial charge is 0.0249 e. The minimum Gasteiger partial charge on any atom is -0.115 e. The zero-order valence-electron chi connectivity index (χ0n) is 27.5. The molecule has 0 radical (unpaired) electrons. The van der Waals surface area contributed by atoms with Gasteiger partial charge in [-0.2, -0.15) is 0 Å². The minimum atomic E-state index is 0.938. The molecule has 1 aliphatic carbocycles. The van der Waals surface area contributed by atoms with Crippen molar-refractivity contribution in [2.45, 2.75) is 12.8 Å². The van der Waals surface area contributed by atoms with Crippen molar-refractivity contribution in [3.05, 3.63) is 211 Å². The van der Waals surface area contributed by atoms with Crippen LogP contribution in [0.25, 0.3) is 22.3 Å². The quantitative estimate of drug-likeness (QED) is 0.120. The first-order valence-corrected chi connectivity index (χ1v) is 18.4. The summed E-state index contributed by atoms with van der Waals surface area (Å²) in [4.78, 5) is 0. The summed E-state index contributed by atoms with van der Waals surface area (Å²) in [6, 6.07) is 53.6. The van der Waals surface area contributed by atoms with Crippen molar-refractivity contribution < 1.29 is 0 Å². The van der Waals surface area contributed by atoms with E-state index in [1.807, 2.05) is 60.7 Å². The zero-order valence-corrected chi connectivity index (χ0v) is 31.8. The summed E-state index contributed by atoms with van der Waals surface area (Å²) in [5.74, 6) is 15.5. The molecule has 0 fully saturated rings. The Labute approximate surface area is 324 Å². The molecule has 0 N–H and O–H groups in total. The second-order valence-corrected chi connectivity index (χ2v) is 13.7. The van der Waals surface area contributed by atoms with Gasteiger partial charge in [-0.15, -0.1) is 6.42 Å². The van der Waals surface area contributed by atoms with Crippen molar-refractivity contribution in [3.63, 3.8) is 0 Å². The van der Waals surface area contributed by atoms with E-state index in [-0.39, 0.29) is 0 Å². The second-order valence-electron chi connectivity index (χ2n) is 11.2. The van der Waals surface area contributed by atoms with E-state index in [1.54, 1.807) is 0 Å². The first-order chi connectivity index (χ1) is 24.6. The molecule has 0 aromatic heterocycles. The molecule has 1 aliphatic rings. The second kappa shape index (κ2) is 19.8. The van der Waals surface area contributed by atoms with E-state index >= 15 is 0 Å². The average Bonchev–Trinajstić information content (AvgIpc) is 3.19. The van der Waals surface area contributed by atoms with Crippen LogP contribution in [-0.4, -0.2) is 0 Å². The molecule has 0 spiro atoms. The molecular formula is C48H34I2. The summed E-state index contributed by atoms with van der Waals surface area (Å²) in [5.41, 5.74) is 10.2. The molecule has 0 saturated heterocycles. The zero-order chi connectivity index (χ0) is 34.8. The maximum absolute atomic E-state index is 5.10. The van der Waals surface area contributed by atoms with E-state index in [0.717, 1.165) is 35.1 Å². The van der Waals surface area contributed by atoms with Gasteiger partial charge in [-0.05, 0) is 153 Å². The summed E-state index contributed by atoms with van der Waals surface area (Å²) in [6.07, 6.45) is 13.6. The lowest BCUT2D eigenvalue weighted by atomic mass is 10.0. The molecule has 0 atom stereocenters. The van der Waals surface area contributed by atoms with Crippen LogP contribution in [0, 0.1) is 43.2 Å². The van der Waals surface area contributed by atoms with Gasteiger partial charge in [0.1, 0.15) is 0 Å². The highest BCUT2D eigenvalue weighted by Gasteiger charge is 1.99. The number of rotatable bonds is 2. The molecule has 0 unspecified atom stereocenters. The largest absolute Gasteiger partial charge is 0.115 e. The van der Waals surface area contributed by atoms with Crippen molar-refractivity contribution in [1.82, 2.24) is 0 Å².